The number of carbonyl (C=O) groups is 2. The normalized spacial score (nSPS) is 11.7. The van der Waals surface area contributed by atoms with Crippen LogP contribution in [0.2, 0.25) is 5.02 Å². The van der Waals surface area contributed by atoms with Crippen LogP contribution in [0.4, 0.5) is 5.69 Å². The number of benzene rings is 4. The Bertz CT molecular complexity index is 1750. The lowest BCUT2D eigenvalue weighted by atomic mass is 10.0. The lowest BCUT2D eigenvalue weighted by Gasteiger charge is -2.33. The van der Waals surface area contributed by atoms with Gasteiger partial charge in [0.15, 0.2) is 11.5 Å². The Morgan fingerprint density at radius 2 is 1.48 bits per heavy atom. The minimum Gasteiger partial charge on any atom is -0.497 e. The molecule has 10 nitrogen and oxygen atoms in total. The number of hydrogen-bond acceptors (Lipinski definition) is 7. The quantitative estimate of drug-likeness (QED) is 0.203. The fourth-order valence-electron chi connectivity index (χ4n) is 4.93. The monoisotopic (exact) mass is 665 g/mol. The number of amides is 2. The van der Waals surface area contributed by atoms with Gasteiger partial charge in [0.2, 0.25) is 11.8 Å². The first kappa shape index (κ1) is 34.1. The number of nitrogens with one attached hydrogen (secondary N) is 1. The second-order valence-corrected chi connectivity index (χ2v) is 12.5. The average molecular weight is 666 g/mol. The van der Waals surface area contributed by atoms with Crippen molar-refractivity contribution in [2.24, 2.45) is 0 Å². The molecule has 46 heavy (non-hydrogen) atoms. The summed E-state index contributed by atoms with van der Waals surface area (Å²) in [5.41, 5.74) is 1.72. The number of halogens is 1. The Balaban J connectivity index is 1.81. The van der Waals surface area contributed by atoms with E-state index in [1.807, 2.05) is 36.4 Å². The van der Waals surface area contributed by atoms with Crippen molar-refractivity contribution in [1.82, 2.24) is 10.2 Å². The Hall–Kier alpha value is -4.74. The lowest BCUT2D eigenvalue weighted by Crippen LogP contribution is -2.53. The Morgan fingerprint density at radius 3 is 2.11 bits per heavy atom. The second kappa shape index (κ2) is 15.5. The summed E-state index contributed by atoms with van der Waals surface area (Å²) < 4.78 is 45.5. The van der Waals surface area contributed by atoms with Gasteiger partial charge in [-0.15, -0.1) is 0 Å². The van der Waals surface area contributed by atoms with Gasteiger partial charge >= 0.3 is 0 Å². The Kier molecular flexibility index (Phi) is 11.5. The van der Waals surface area contributed by atoms with E-state index >= 15 is 0 Å². The van der Waals surface area contributed by atoms with Gasteiger partial charge in [-0.25, -0.2) is 8.42 Å². The van der Waals surface area contributed by atoms with E-state index in [0.29, 0.717) is 22.1 Å². The molecule has 4 aromatic rings. The molecular weight excluding hydrogens is 630 g/mol. The molecule has 0 fully saturated rings. The molecule has 0 aliphatic carbocycles. The molecule has 4 rings (SSSR count). The van der Waals surface area contributed by atoms with Crippen LogP contribution in [0, 0.1) is 0 Å². The summed E-state index contributed by atoms with van der Waals surface area (Å²) in [7, 11) is 1.52. The molecule has 12 heteroatoms. The highest BCUT2D eigenvalue weighted by atomic mass is 35.5. The molecule has 242 valence electrons. The number of methoxy groups -OCH3 is 3. The van der Waals surface area contributed by atoms with Crippen molar-refractivity contribution in [3.05, 3.63) is 113 Å². The summed E-state index contributed by atoms with van der Waals surface area (Å²) >= 11 is 6.13. The highest BCUT2D eigenvalue weighted by Gasteiger charge is 2.34. The van der Waals surface area contributed by atoms with Crippen LogP contribution in [0.15, 0.2) is 102 Å². The van der Waals surface area contributed by atoms with Gasteiger partial charge in [-0.05, 0) is 59.7 Å². The zero-order chi connectivity index (χ0) is 33.3. The van der Waals surface area contributed by atoms with Gasteiger partial charge in [-0.3, -0.25) is 13.9 Å². The number of anilines is 1. The maximum absolute atomic E-state index is 14.4. The standard InChI is InChI=1S/C34H36ClN3O7S/c1-36-34(40)30(20-24-9-6-5-7-10-24)37(22-25-11-8-12-28(19-25)43-2)33(39)23-38(27-15-13-26(35)14-16-27)46(41,42)29-17-18-31(44-3)32(21-29)45-4/h5-19,21,30H,20,22-23H2,1-4H3,(H,36,40)/t30-/m0/s1. The summed E-state index contributed by atoms with van der Waals surface area (Å²) in [5.74, 6) is 0.109. The summed E-state index contributed by atoms with van der Waals surface area (Å²) in [6.45, 7) is -0.615. The molecule has 0 spiro atoms. The number of rotatable bonds is 14. The molecule has 0 aliphatic heterocycles. The van der Waals surface area contributed by atoms with E-state index in [0.717, 1.165) is 9.87 Å². The minimum absolute atomic E-state index is 0.00577. The van der Waals surface area contributed by atoms with E-state index < -0.39 is 34.4 Å². The van der Waals surface area contributed by atoms with Gasteiger partial charge in [0.05, 0.1) is 31.9 Å². The Labute approximate surface area is 274 Å². The fourth-order valence-corrected chi connectivity index (χ4v) is 6.48. The first-order valence-electron chi connectivity index (χ1n) is 14.3. The molecule has 0 aromatic heterocycles. The predicted molar refractivity (Wildman–Crippen MR) is 177 cm³/mol. The van der Waals surface area contributed by atoms with Crippen molar-refractivity contribution in [3.8, 4) is 17.2 Å². The Morgan fingerprint density at radius 1 is 0.804 bits per heavy atom. The summed E-state index contributed by atoms with van der Waals surface area (Å²) in [6, 6.07) is 25.7. The number of likely N-dealkylation sites (N-methyl/N-ethyl adjacent to an activating group) is 1. The van der Waals surface area contributed by atoms with Crippen LogP contribution in [0.1, 0.15) is 11.1 Å². The fraction of sp³-hybridized carbons (Fsp3) is 0.235. The molecule has 1 atom stereocenters. The van der Waals surface area contributed by atoms with Crippen LogP contribution >= 0.6 is 11.6 Å². The van der Waals surface area contributed by atoms with Gasteiger partial charge in [-0.1, -0.05) is 54.1 Å². The molecule has 0 saturated heterocycles. The predicted octanol–water partition coefficient (Wildman–Crippen LogP) is 4.95. The van der Waals surface area contributed by atoms with Gasteiger partial charge in [0.25, 0.3) is 10.0 Å². The van der Waals surface area contributed by atoms with E-state index in [4.69, 9.17) is 25.8 Å². The maximum atomic E-state index is 14.4. The minimum atomic E-state index is -4.36. The van der Waals surface area contributed by atoms with E-state index in [-0.39, 0.29) is 29.3 Å². The van der Waals surface area contributed by atoms with Crippen molar-refractivity contribution in [2.75, 3.05) is 39.2 Å². The average Bonchev–Trinajstić information content (AvgIpc) is 3.08. The zero-order valence-corrected chi connectivity index (χ0v) is 27.5. The molecule has 0 radical (unpaired) electrons. The summed E-state index contributed by atoms with van der Waals surface area (Å²) in [5, 5.41) is 3.06. The second-order valence-electron chi connectivity index (χ2n) is 10.2. The highest BCUT2D eigenvalue weighted by molar-refractivity contribution is 7.92. The maximum Gasteiger partial charge on any atom is 0.264 e. The van der Waals surface area contributed by atoms with Crippen molar-refractivity contribution in [1.29, 1.82) is 0 Å². The van der Waals surface area contributed by atoms with E-state index in [1.54, 1.807) is 18.2 Å². The third-order valence-electron chi connectivity index (χ3n) is 7.34. The molecular formula is C34H36ClN3O7S. The summed E-state index contributed by atoms with van der Waals surface area (Å²) in [4.78, 5) is 29.1. The SMILES string of the molecule is CNC(=O)[C@H](Cc1ccccc1)N(Cc1cccc(OC)c1)C(=O)CN(c1ccc(Cl)cc1)S(=O)(=O)c1ccc(OC)c(OC)c1. The van der Waals surface area contributed by atoms with Crippen molar-refractivity contribution >= 4 is 39.1 Å². The number of nitrogens with zero attached hydrogens (tertiary/aromatic N) is 2. The third kappa shape index (κ3) is 8.09. The van der Waals surface area contributed by atoms with Crippen LogP contribution in [-0.2, 0) is 32.6 Å². The van der Waals surface area contributed by atoms with Crippen molar-refractivity contribution in [3.63, 3.8) is 0 Å². The van der Waals surface area contributed by atoms with Gasteiger partial charge in [0.1, 0.15) is 18.3 Å². The zero-order valence-electron chi connectivity index (χ0n) is 26.0. The van der Waals surface area contributed by atoms with Gasteiger partial charge in [-0.2, -0.15) is 0 Å². The van der Waals surface area contributed by atoms with Crippen molar-refractivity contribution in [2.45, 2.75) is 23.9 Å². The largest absolute Gasteiger partial charge is 0.497 e. The van der Waals surface area contributed by atoms with Crippen LogP contribution in [0.3, 0.4) is 0 Å². The molecule has 0 unspecified atom stereocenters. The van der Waals surface area contributed by atoms with Crippen LogP contribution in [0.5, 0.6) is 17.2 Å². The molecule has 0 heterocycles. The number of ether oxygens (including phenoxy) is 3. The van der Waals surface area contributed by atoms with Gasteiger partial charge in [0, 0.05) is 31.1 Å². The van der Waals surface area contributed by atoms with Crippen LogP contribution in [0.25, 0.3) is 0 Å². The number of hydrogen-bond donors (Lipinski definition) is 1. The lowest BCUT2D eigenvalue weighted by molar-refractivity contribution is -0.139. The molecule has 4 aromatic carbocycles. The highest BCUT2D eigenvalue weighted by Crippen LogP contribution is 2.33. The van der Waals surface area contributed by atoms with Gasteiger partial charge < -0.3 is 24.4 Å². The molecule has 0 saturated carbocycles. The summed E-state index contributed by atoms with van der Waals surface area (Å²) in [6.07, 6.45) is 0.194. The number of sulfonamides is 1. The first-order chi connectivity index (χ1) is 22.1. The molecule has 2 amide bonds. The molecule has 0 bridgehead atoms. The van der Waals surface area contributed by atoms with E-state index in [2.05, 4.69) is 5.32 Å². The molecule has 0 aliphatic rings. The molecule has 1 N–H and O–H groups in total. The third-order valence-corrected chi connectivity index (χ3v) is 9.36. The van der Waals surface area contributed by atoms with Crippen LogP contribution in [-0.4, -0.2) is 66.1 Å². The smallest absolute Gasteiger partial charge is 0.264 e. The topological polar surface area (TPSA) is 114 Å². The van der Waals surface area contributed by atoms with E-state index in [9.17, 15) is 18.0 Å². The number of carbonyl (C=O) groups excluding carboxylic acids is 2. The van der Waals surface area contributed by atoms with E-state index in [1.165, 1.54) is 75.7 Å². The van der Waals surface area contributed by atoms with Crippen LogP contribution < -0.4 is 23.8 Å². The first-order valence-corrected chi connectivity index (χ1v) is 16.1. The van der Waals surface area contributed by atoms with Crippen molar-refractivity contribution < 1.29 is 32.2 Å².